The van der Waals surface area contributed by atoms with Crippen molar-refractivity contribution in [2.24, 2.45) is 5.92 Å². The van der Waals surface area contributed by atoms with Crippen LogP contribution in [0.5, 0.6) is 0 Å². The number of ether oxygens (including phenoxy) is 1. The molecule has 3 N–H and O–H groups in total. The van der Waals surface area contributed by atoms with Crippen LogP contribution in [0.4, 0.5) is 5.82 Å². The minimum atomic E-state index is -1.05. The Morgan fingerprint density at radius 2 is 2.17 bits per heavy atom. The number of amides is 1. The Kier molecular flexibility index (Phi) is 4.79. The van der Waals surface area contributed by atoms with Gasteiger partial charge in [0.1, 0.15) is 18.0 Å². The normalized spacial score (nSPS) is 27.6. The molecule has 0 radical (unpaired) electrons. The summed E-state index contributed by atoms with van der Waals surface area (Å²) in [6.07, 6.45) is 2.48. The van der Waals surface area contributed by atoms with Gasteiger partial charge in [-0.15, -0.1) is 0 Å². The van der Waals surface area contributed by atoms with Crippen molar-refractivity contribution < 1.29 is 19.7 Å². The van der Waals surface area contributed by atoms with E-state index in [1.54, 1.807) is 0 Å². The van der Waals surface area contributed by atoms with Gasteiger partial charge in [0.2, 0.25) is 5.91 Å². The van der Waals surface area contributed by atoms with Gasteiger partial charge in [0.15, 0.2) is 6.23 Å². The van der Waals surface area contributed by atoms with E-state index in [0.29, 0.717) is 0 Å². The zero-order chi connectivity index (χ0) is 17.3. The van der Waals surface area contributed by atoms with Crippen molar-refractivity contribution >= 4 is 11.7 Å². The minimum Gasteiger partial charge on any atom is -0.394 e. The van der Waals surface area contributed by atoms with Crippen LogP contribution in [-0.2, 0) is 9.53 Å². The van der Waals surface area contributed by atoms with Crippen LogP contribution in [0.3, 0.4) is 0 Å². The number of aromatic nitrogens is 2. The average Bonchev–Trinajstić information content (AvgIpc) is 3.18. The maximum atomic E-state index is 12.2. The van der Waals surface area contributed by atoms with Gasteiger partial charge < -0.3 is 20.3 Å². The summed E-state index contributed by atoms with van der Waals surface area (Å²) in [5.41, 5.74) is -0.350. The topological polar surface area (TPSA) is 114 Å². The third kappa shape index (κ3) is 3.12. The highest BCUT2D eigenvalue weighted by Gasteiger charge is 2.38. The molecule has 1 saturated heterocycles. The zero-order valence-electron chi connectivity index (χ0n) is 13.2. The van der Waals surface area contributed by atoms with Gasteiger partial charge in [-0.1, -0.05) is 19.4 Å². The third-order valence-electron chi connectivity index (χ3n) is 4.59. The number of hydrogen-bond acceptors (Lipinski definition) is 6. The molecule has 8 heteroatoms. The van der Waals surface area contributed by atoms with E-state index in [2.05, 4.69) is 16.9 Å². The second kappa shape index (κ2) is 6.84. The Hall–Kier alpha value is -2.03. The van der Waals surface area contributed by atoms with Crippen molar-refractivity contribution in [1.29, 1.82) is 0 Å². The molecule has 1 aliphatic heterocycles. The fourth-order valence-corrected chi connectivity index (χ4v) is 3.18. The van der Waals surface area contributed by atoms with Gasteiger partial charge in [-0.25, -0.2) is 4.79 Å². The van der Waals surface area contributed by atoms with Crippen LogP contribution in [0.1, 0.15) is 31.9 Å². The second-order valence-electron chi connectivity index (χ2n) is 6.20. The molecular weight excluding hydrogens is 314 g/mol. The Morgan fingerprint density at radius 3 is 2.75 bits per heavy atom. The molecule has 1 aliphatic carbocycles. The lowest BCUT2D eigenvalue weighted by Gasteiger charge is -2.15. The highest BCUT2D eigenvalue weighted by molar-refractivity contribution is 5.91. The van der Waals surface area contributed by atoms with Crippen molar-refractivity contribution in [2.45, 2.75) is 44.1 Å². The fourth-order valence-electron chi connectivity index (χ4n) is 3.18. The molecule has 1 aromatic heterocycles. The summed E-state index contributed by atoms with van der Waals surface area (Å²) in [6.45, 7) is 3.33. The molecule has 3 rings (SSSR count). The van der Waals surface area contributed by atoms with Gasteiger partial charge in [-0.05, 0) is 18.9 Å². The van der Waals surface area contributed by atoms with Crippen LogP contribution >= 0.6 is 0 Å². The van der Waals surface area contributed by atoms with E-state index in [9.17, 15) is 14.7 Å². The van der Waals surface area contributed by atoms with Crippen molar-refractivity contribution in [3.8, 4) is 0 Å². The molecule has 0 spiro atoms. The first kappa shape index (κ1) is 16.8. The summed E-state index contributed by atoms with van der Waals surface area (Å²) < 4.78 is 6.61. The number of aliphatic hydroxyl groups is 2. The summed E-state index contributed by atoms with van der Waals surface area (Å²) in [6, 6.07) is 1.50. The molecule has 1 aromatic rings. The van der Waals surface area contributed by atoms with E-state index in [4.69, 9.17) is 9.84 Å². The van der Waals surface area contributed by atoms with E-state index in [1.165, 1.54) is 16.8 Å². The third-order valence-corrected chi connectivity index (χ3v) is 4.59. The first-order valence-electron chi connectivity index (χ1n) is 8.04. The molecule has 2 fully saturated rings. The van der Waals surface area contributed by atoms with Gasteiger partial charge >= 0.3 is 5.69 Å². The van der Waals surface area contributed by atoms with E-state index < -0.39 is 24.1 Å². The number of hydrogen-bond donors (Lipinski definition) is 3. The summed E-state index contributed by atoms with van der Waals surface area (Å²) in [7, 11) is 0. The largest absolute Gasteiger partial charge is 0.394 e. The van der Waals surface area contributed by atoms with Crippen LogP contribution in [0.2, 0.25) is 0 Å². The van der Waals surface area contributed by atoms with Gasteiger partial charge in [0.25, 0.3) is 0 Å². The van der Waals surface area contributed by atoms with E-state index in [-0.39, 0.29) is 29.8 Å². The molecule has 2 aliphatic rings. The number of rotatable bonds is 4. The quantitative estimate of drug-likeness (QED) is 0.676. The predicted molar refractivity (Wildman–Crippen MR) is 85.2 cm³/mol. The van der Waals surface area contributed by atoms with Crippen molar-refractivity contribution in [3.05, 3.63) is 34.9 Å². The SMILES string of the molecule is C=C1[C@H](n2ccc(NC(=O)C3CCCC3)nc2=O)O[C@H](CO)[C@H]1O. The van der Waals surface area contributed by atoms with Crippen molar-refractivity contribution in [1.82, 2.24) is 9.55 Å². The number of nitrogens with zero attached hydrogens (tertiary/aromatic N) is 2. The monoisotopic (exact) mass is 335 g/mol. The summed E-state index contributed by atoms with van der Waals surface area (Å²) in [4.78, 5) is 28.1. The Labute approximate surface area is 138 Å². The molecule has 8 nitrogen and oxygen atoms in total. The summed E-state index contributed by atoms with van der Waals surface area (Å²) >= 11 is 0. The van der Waals surface area contributed by atoms with E-state index in [0.717, 1.165) is 25.7 Å². The van der Waals surface area contributed by atoms with Crippen LogP contribution in [-0.4, -0.2) is 44.5 Å². The number of aliphatic hydroxyl groups excluding tert-OH is 2. The Bertz CT molecular complexity index is 695. The maximum Gasteiger partial charge on any atom is 0.351 e. The molecular formula is C16H21N3O5. The van der Waals surface area contributed by atoms with E-state index in [1.807, 2.05) is 0 Å². The molecule has 0 aromatic carbocycles. The van der Waals surface area contributed by atoms with Crippen molar-refractivity contribution in [3.63, 3.8) is 0 Å². The molecule has 0 unspecified atom stereocenters. The van der Waals surface area contributed by atoms with Crippen LogP contribution < -0.4 is 11.0 Å². The standard InChI is InChI=1S/C16H21N3O5/c1-9-13(21)11(8-20)24-15(9)19-7-6-12(18-16(19)23)17-14(22)10-4-2-3-5-10/h6-7,10-11,13,15,20-21H,1-5,8H2,(H,17,18,22,23)/t11-,13+,15-/m1/s1. The molecule has 1 saturated carbocycles. The van der Waals surface area contributed by atoms with Crippen LogP contribution in [0.25, 0.3) is 0 Å². The summed E-state index contributed by atoms with van der Waals surface area (Å²) in [5, 5.41) is 21.7. The molecule has 130 valence electrons. The summed E-state index contributed by atoms with van der Waals surface area (Å²) in [5.74, 6) is 0.0538. The smallest absolute Gasteiger partial charge is 0.351 e. The van der Waals surface area contributed by atoms with Gasteiger partial charge in [0.05, 0.1) is 6.61 Å². The fraction of sp³-hybridized carbons (Fsp3) is 0.562. The highest BCUT2D eigenvalue weighted by atomic mass is 16.5. The first-order valence-corrected chi connectivity index (χ1v) is 8.04. The predicted octanol–water partition coefficient (Wildman–Crippen LogP) is 0.179. The van der Waals surface area contributed by atoms with Gasteiger partial charge in [0, 0.05) is 17.7 Å². The Morgan fingerprint density at radius 1 is 1.46 bits per heavy atom. The number of carbonyl (C=O) groups is 1. The molecule has 2 heterocycles. The lowest BCUT2D eigenvalue weighted by atomic mass is 10.1. The molecule has 1 amide bonds. The minimum absolute atomic E-state index is 0.0207. The number of nitrogens with one attached hydrogen (secondary N) is 1. The van der Waals surface area contributed by atoms with Gasteiger partial charge in [-0.2, -0.15) is 4.98 Å². The van der Waals surface area contributed by atoms with Crippen LogP contribution in [0, 0.1) is 5.92 Å². The molecule has 3 atom stereocenters. The maximum absolute atomic E-state index is 12.2. The highest BCUT2D eigenvalue weighted by Crippen LogP contribution is 2.32. The number of carbonyl (C=O) groups excluding carboxylic acids is 1. The van der Waals surface area contributed by atoms with Gasteiger partial charge in [-0.3, -0.25) is 9.36 Å². The zero-order valence-corrected chi connectivity index (χ0v) is 13.2. The van der Waals surface area contributed by atoms with Crippen LogP contribution in [0.15, 0.2) is 29.2 Å². The first-order chi connectivity index (χ1) is 11.5. The molecule has 0 bridgehead atoms. The van der Waals surface area contributed by atoms with Crippen molar-refractivity contribution in [2.75, 3.05) is 11.9 Å². The van der Waals surface area contributed by atoms with E-state index >= 15 is 0 Å². The lowest BCUT2D eigenvalue weighted by Crippen LogP contribution is -2.29. The lowest BCUT2D eigenvalue weighted by molar-refractivity contribution is -0.119. The second-order valence-corrected chi connectivity index (χ2v) is 6.20. The number of anilines is 1. The molecule has 24 heavy (non-hydrogen) atoms. The average molecular weight is 335 g/mol. The Balaban J connectivity index is 1.74.